The lowest BCUT2D eigenvalue weighted by molar-refractivity contribution is -0.160. The number of carbonyl (C=O) groups excluding carboxylic acids is 2. The van der Waals surface area contributed by atoms with Crippen LogP contribution in [0.15, 0.2) is 42.5 Å². The molecule has 0 radical (unpaired) electrons. The Labute approximate surface area is 185 Å². The molecule has 0 aliphatic carbocycles. The van der Waals surface area contributed by atoms with Crippen molar-refractivity contribution in [3.63, 3.8) is 0 Å². The summed E-state index contributed by atoms with van der Waals surface area (Å²) in [4.78, 5) is 23.7. The SMILES string of the molecule is CCOC(=O)C(O)C(O)C(Cc1ccc(-c2cc(Cl)cc(Cl)c2)cc1)NC(=O)CC. The van der Waals surface area contributed by atoms with Crippen LogP contribution in [0.4, 0.5) is 0 Å². The number of carbonyl (C=O) groups is 2. The van der Waals surface area contributed by atoms with E-state index in [1.54, 1.807) is 32.0 Å². The number of nitrogens with one attached hydrogen (secondary N) is 1. The molecule has 2 rings (SSSR count). The number of aliphatic hydroxyl groups excluding tert-OH is 2. The van der Waals surface area contributed by atoms with Gasteiger partial charge in [0.05, 0.1) is 12.6 Å². The van der Waals surface area contributed by atoms with Gasteiger partial charge < -0.3 is 20.3 Å². The van der Waals surface area contributed by atoms with Gasteiger partial charge in [0.2, 0.25) is 5.91 Å². The molecule has 2 aromatic rings. The molecular formula is C22H25Cl2NO5. The Morgan fingerprint density at radius 2 is 1.60 bits per heavy atom. The first kappa shape index (κ1) is 24.2. The van der Waals surface area contributed by atoms with Crippen molar-refractivity contribution in [2.45, 2.75) is 44.9 Å². The Morgan fingerprint density at radius 3 is 2.13 bits per heavy atom. The van der Waals surface area contributed by atoms with Gasteiger partial charge in [-0.2, -0.15) is 0 Å². The van der Waals surface area contributed by atoms with E-state index < -0.39 is 24.2 Å². The van der Waals surface area contributed by atoms with Gasteiger partial charge in [-0.25, -0.2) is 4.79 Å². The molecule has 0 spiro atoms. The summed E-state index contributed by atoms with van der Waals surface area (Å²) >= 11 is 12.1. The summed E-state index contributed by atoms with van der Waals surface area (Å²) in [5, 5.41) is 24.3. The van der Waals surface area contributed by atoms with Crippen molar-refractivity contribution in [3.8, 4) is 11.1 Å². The summed E-state index contributed by atoms with van der Waals surface area (Å²) < 4.78 is 4.76. The van der Waals surface area contributed by atoms with Crippen molar-refractivity contribution < 1.29 is 24.5 Å². The van der Waals surface area contributed by atoms with Crippen molar-refractivity contribution >= 4 is 35.1 Å². The van der Waals surface area contributed by atoms with Gasteiger partial charge in [-0.05, 0) is 48.2 Å². The van der Waals surface area contributed by atoms with Crippen LogP contribution in [0.2, 0.25) is 10.0 Å². The van der Waals surface area contributed by atoms with E-state index in [0.717, 1.165) is 16.7 Å². The zero-order valence-corrected chi connectivity index (χ0v) is 18.3. The number of aliphatic hydroxyl groups is 2. The fourth-order valence-corrected chi connectivity index (χ4v) is 3.49. The number of esters is 1. The minimum Gasteiger partial charge on any atom is -0.464 e. The van der Waals surface area contributed by atoms with Gasteiger partial charge in [-0.15, -0.1) is 0 Å². The smallest absolute Gasteiger partial charge is 0.337 e. The highest BCUT2D eigenvalue weighted by Crippen LogP contribution is 2.27. The highest BCUT2D eigenvalue weighted by atomic mass is 35.5. The Balaban J connectivity index is 2.20. The quantitative estimate of drug-likeness (QED) is 0.505. The molecule has 0 saturated carbocycles. The maximum absolute atomic E-state index is 11.9. The van der Waals surface area contributed by atoms with Crippen LogP contribution < -0.4 is 5.32 Å². The van der Waals surface area contributed by atoms with E-state index in [4.69, 9.17) is 27.9 Å². The molecule has 6 nitrogen and oxygen atoms in total. The first-order chi connectivity index (χ1) is 14.2. The molecule has 0 saturated heterocycles. The lowest BCUT2D eigenvalue weighted by atomic mass is 9.95. The molecule has 162 valence electrons. The molecule has 0 aromatic heterocycles. The van der Waals surface area contributed by atoms with Crippen LogP contribution in [0.25, 0.3) is 11.1 Å². The Kier molecular flexibility index (Phi) is 9.11. The predicted molar refractivity (Wildman–Crippen MR) is 116 cm³/mol. The summed E-state index contributed by atoms with van der Waals surface area (Å²) in [6.07, 6.45) is -2.88. The summed E-state index contributed by atoms with van der Waals surface area (Å²) in [6, 6.07) is 11.8. The van der Waals surface area contributed by atoms with Gasteiger partial charge in [0, 0.05) is 16.5 Å². The highest BCUT2D eigenvalue weighted by molar-refractivity contribution is 6.35. The normalized spacial score (nSPS) is 13.9. The maximum atomic E-state index is 11.9. The summed E-state index contributed by atoms with van der Waals surface area (Å²) in [7, 11) is 0. The zero-order valence-electron chi connectivity index (χ0n) is 16.8. The molecule has 0 aliphatic heterocycles. The van der Waals surface area contributed by atoms with Crippen LogP contribution in [-0.4, -0.2) is 46.9 Å². The zero-order chi connectivity index (χ0) is 22.3. The van der Waals surface area contributed by atoms with Crippen molar-refractivity contribution in [1.29, 1.82) is 0 Å². The first-order valence-electron chi connectivity index (χ1n) is 9.62. The van der Waals surface area contributed by atoms with Crippen LogP contribution in [0.1, 0.15) is 25.8 Å². The molecule has 2 aromatic carbocycles. The first-order valence-corrected chi connectivity index (χ1v) is 10.4. The minimum absolute atomic E-state index is 0.0730. The molecule has 3 N–H and O–H groups in total. The van der Waals surface area contributed by atoms with E-state index in [9.17, 15) is 19.8 Å². The second-order valence-corrected chi connectivity index (χ2v) is 7.65. The number of halogens is 2. The third-order valence-corrected chi connectivity index (χ3v) is 4.97. The number of hydrogen-bond donors (Lipinski definition) is 3. The largest absolute Gasteiger partial charge is 0.464 e. The van der Waals surface area contributed by atoms with Crippen LogP contribution in [0.3, 0.4) is 0 Å². The molecule has 0 fully saturated rings. The Bertz CT molecular complexity index is 852. The average molecular weight is 454 g/mol. The van der Waals surface area contributed by atoms with Gasteiger partial charge in [0.1, 0.15) is 6.10 Å². The standard InChI is InChI=1S/C22H25Cl2NO5/c1-3-19(26)25-18(20(27)21(28)22(29)30-4-2)9-13-5-7-14(8-6-13)15-10-16(23)12-17(24)11-15/h5-8,10-12,18,20-21,27-28H,3-4,9H2,1-2H3,(H,25,26). The van der Waals surface area contributed by atoms with Crippen LogP contribution in [0.5, 0.6) is 0 Å². The molecule has 8 heteroatoms. The van der Waals surface area contributed by atoms with Crippen molar-refractivity contribution in [2.24, 2.45) is 0 Å². The number of hydrogen-bond acceptors (Lipinski definition) is 5. The Hall–Kier alpha value is -2.12. The van der Waals surface area contributed by atoms with E-state index >= 15 is 0 Å². The summed E-state index contributed by atoms with van der Waals surface area (Å²) in [5.41, 5.74) is 2.54. The van der Waals surface area contributed by atoms with Crippen molar-refractivity contribution in [2.75, 3.05) is 6.61 Å². The van der Waals surface area contributed by atoms with Crippen LogP contribution >= 0.6 is 23.2 Å². The van der Waals surface area contributed by atoms with Crippen molar-refractivity contribution in [3.05, 3.63) is 58.1 Å². The predicted octanol–water partition coefficient (Wildman–Crippen LogP) is 3.38. The van der Waals surface area contributed by atoms with Crippen molar-refractivity contribution in [1.82, 2.24) is 5.32 Å². The lowest BCUT2D eigenvalue weighted by Gasteiger charge is -2.27. The fourth-order valence-electron chi connectivity index (χ4n) is 2.96. The van der Waals surface area contributed by atoms with Gasteiger partial charge in [-0.3, -0.25) is 4.79 Å². The number of benzene rings is 2. The molecule has 0 heterocycles. The molecule has 30 heavy (non-hydrogen) atoms. The molecular weight excluding hydrogens is 429 g/mol. The summed E-state index contributed by atoms with van der Waals surface area (Å²) in [6.45, 7) is 3.34. The highest BCUT2D eigenvalue weighted by Gasteiger charge is 2.33. The topological polar surface area (TPSA) is 95.9 Å². The lowest BCUT2D eigenvalue weighted by Crippen LogP contribution is -2.52. The number of ether oxygens (including phenoxy) is 1. The molecule has 3 unspecified atom stereocenters. The molecule has 1 amide bonds. The second-order valence-electron chi connectivity index (χ2n) is 6.77. The van der Waals surface area contributed by atoms with Gasteiger partial charge in [0.25, 0.3) is 0 Å². The van der Waals surface area contributed by atoms with Crippen LogP contribution in [-0.2, 0) is 20.7 Å². The van der Waals surface area contributed by atoms with E-state index in [1.807, 2.05) is 24.3 Å². The van der Waals surface area contributed by atoms with E-state index in [2.05, 4.69) is 5.32 Å². The van der Waals surface area contributed by atoms with E-state index in [1.165, 1.54) is 0 Å². The van der Waals surface area contributed by atoms with Gasteiger partial charge in [0.15, 0.2) is 6.10 Å². The minimum atomic E-state index is -1.76. The fraction of sp³-hybridized carbons (Fsp3) is 0.364. The molecule has 0 aliphatic rings. The van der Waals surface area contributed by atoms with Gasteiger partial charge in [-0.1, -0.05) is 54.4 Å². The van der Waals surface area contributed by atoms with Crippen LogP contribution in [0, 0.1) is 0 Å². The summed E-state index contributed by atoms with van der Waals surface area (Å²) in [5.74, 6) is -1.24. The second kappa shape index (κ2) is 11.3. The number of amides is 1. The third kappa shape index (κ3) is 6.71. The van der Waals surface area contributed by atoms with E-state index in [-0.39, 0.29) is 25.4 Å². The molecule has 0 bridgehead atoms. The third-order valence-electron chi connectivity index (χ3n) is 4.54. The average Bonchev–Trinajstić information content (AvgIpc) is 2.72. The van der Waals surface area contributed by atoms with Gasteiger partial charge >= 0.3 is 5.97 Å². The monoisotopic (exact) mass is 453 g/mol. The molecule has 3 atom stereocenters. The Morgan fingerprint density at radius 1 is 1.00 bits per heavy atom. The van der Waals surface area contributed by atoms with E-state index in [0.29, 0.717) is 10.0 Å². The number of rotatable bonds is 9. The maximum Gasteiger partial charge on any atom is 0.337 e.